The summed E-state index contributed by atoms with van der Waals surface area (Å²) in [6.45, 7) is 5.45. The van der Waals surface area contributed by atoms with Gasteiger partial charge < -0.3 is 5.32 Å². The van der Waals surface area contributed by atoms with Crippen molar-refractivity contribution in [3.63, 3.8) is 0 Å². The standard InChI is InChI=1S/C13H18N2/c1-11(2)8-10-15-13-5-3-12(4-6-13)7-9-14/h3-6,11,15H,7-8,10H2,1-2H3. The van der Waals surface area contributed by atoms with Gasteiger partial charge in [-0.05, 0) is 30.0 Å². The molecule has 0 aliphatic heterocycles. The first-order valence-electron chi connectivity index (χ1n) is 5.42. The van der Waals surface area contributed by atoms with Gasteiger partial charge in [-0.15, -0.1) is 0 Å². The minimum absolute atomic E-state index is 0.492. The zero-order chi connectivity index (χ0) is 11.1. The van der Waals surface area contributed by atoms with Crippen LogP contribution in [0.4, 0.5) is 5.69 Å². The molecule has 2 heteroatoms. The fourth-order valence-corrected chi connectivity index (χ4v) is 1.34. The van der Waals surface area contributed by atoms with Crippen molar-refractivity contribution in [3.05, 3.63) is 29.8 Å². The van der Waals surface area contributed by atoms with Crippen LogP contribution in [0.3, 0.4) is 0 Å². The van der Waals surface area contributed by atoms with E-state index in [0.717, 1.165) is 23.7 Å². The van der Waals surface area contributed by atoms with Gasteiger partial charge in [0, 0.05) is 12.2 Å². The fourth-order valence-electron chi connectivity index (χ4n) is 1.34. The predicted octanol–water partition coefficient (Wildman–Crippen LogP) is 3.21. The number of hydrogen-bond acceptors (Lipinski definition) is 2. The van der Waals surface area contributed by atoms with Crippen LogP contribution in [-0.4, -0.2) is 6.54 Å². The average molecular weight is 202 g/mol. The third kappa shape index (κ3) is 4.51. The van der Waals surface area contributed by atoms with Gasteiger partial charge >= 0.3 is 0 Å². The minimum atomic E-state index is 0.492. The summed E-state index contributed by atoms with van der Waals surface area (Å²) < 4.78 is 0. The van der Waals surface area contributed by atoms with Gasteiger partial charge in [-0.1, -0.05) is 26.0 Å². The van der Waals surface area contributed by atoms with Crippen molar-refractivity contribution in [1.82, 2.24) is 0 Å². The van der Waals surface area contributed by atoms with Crippen LogP contribution >= 0.6 is 0 Å². The molecule has 0 radical (unpaired) electrons. The number of nitriles is 1. The quantitative estimate of drug-likeness (QED) is 0.795. The maximum Gasteiger partial charge on any atom is 0.0669 e. The Balaban J connectivity index is 2.40. The van der Waals surface area contributed by atoms with Crippen LogP contribution in [0.15, 0.2) is 24.3 Å². The zero-order valence-electron chi connectivity index (χ0n) is 9.46. The summed E-state index contributed by atoms with van der Waals surface area (Å²) >= 11 is 0. The number of nitrogens with one attached hydrogen (secondary N) is 1. The lowest BCUT2D eigenvalue weighted by Gasteiger charge is -2.08. The van der Waals surface area contributed by atoms with Gasteiger partial charge in [-0.3, -0.25) is 0 Å². The first-order chi connectivity index (χ1) is 7.22. The molecule has 0 saturated carbocycles. The third-order valence-corrected chi connectivity index (χ3v) is 2.29. The third-order valence-electron chi connectivity index (χ3n) is 2.29. The van der Waals surface area contributed by atoms with Crippen molar-refractivity contribution in [2.24, 2.45) is 5.92 Å². The van der Waals surface area contributed by atoms with Gasteiger partial charge in [-0.25, -0.2) is 0 Å². The molecule has 1 aromatic carbocycles. The van der Waals surface area contributed by atoms with Crippen LogP contribution in [0.5, 0.6) is 0 Å². The highest BCUT2D eigenvalue weighted by Crippen LogP contribution is 2.10. The molecule has 1 rings (SSSR count). The molecule has 0 fully saturated rings. The second-order valence-electron chi connectivity index (χ2n) is 4.14. The van der Waals surface area contributed by atoms with Crippen molar-refractivity contribution in [1.29, 1.82) is 5.26 Å². The molecule has 0 aliphatic rings. The molecule has 0 bridgehead atoms. The SMILES string of the molecule is CC(C)CCNc1ccc(CC#N)cc1. The summed E-state index contributed by atoms with van der Waals surface area (Å²) in [5.74, 6) is 0.732. The zero-order valence-corrected chi connectivity index (χ0v) is 9.46. The van der Waals surface area contributed by atoms with E-state index in [4.69, 9.17) is 5.26 Å². The second-order valence-corrected chi connectivity index (χ2v) is 4.14. The summed E-state index contributed by atoms with van der Waals surface area (Å²) in [5.41, 5.74) is 2.21. The number of nitrogens with zero attached hydrogens (tertiary/aromatic N) is 1. The summed E-state index contributed by atoms with van der Waals surface area (Å²) in [4.78, 5) is 0. The second kappa shape index (κ2) is 6.08. The monoisotopic (exact) mass is 202 g/mol. The Kier molecular flexibility index (Phi) is 4.70. The molecular weight excluding hydrogens is 184 g/mol. The number of anilines is 1. The number of benzene rings is 1. The van der Waals surface area contributed by atoms with E-state index < -0.39 is 0 Å². The van der Waals surface area contributed by atoms with Crippen LogP contribution in [-0.2, 0) is 6.42 Å². The molecule has 0 aromatic heterocycles. The van der Waals surface area contributed by atoms with Gasteiger partial charge in [0.1, 0.15) is 0 Å². The van der Waals surface area contributed by atoms with Crippen molar-refractivity contribution in [2.45, 2.75) is 26.7 Å². The normalized spacial score (nSPS) is 10.0. The fraction of sp³-hybridized carbons (Fsp3) is 0.462. The first-order valence-corrected chi connectivity index (χ1v) is 5.42. The topological polar surface area (TPSA) is 35.8 Å². The van der Waals surface area contributed by atoms with E-state index >= 15 is 0 Å². The summed E-state index contributed by atoms with van der Waals surface area (Å²) in [6, 6.07) is 10.2. The van der Waals surface area contributed by atoms with E-state index in [-0.39, 0.29) is 0 Å². The van der Waals surface area contributed by atoms with E-state index in [1.807, 2.05) is 24.3 Å². The van der Waals surface area contributed by atoms with E-state index in [2.05, 4.69) is 25.2 Å². The highest BCUT2D eigenvalue weighted by Gasteiger charge is 1.95. The molecule has 0 unspecified atom stereocenters. The lowest BCUT2D eigenvalue weighted by atomic mass is 10.1. The Bertz CT molecular complexity index is 319. The Labute approximate surface area is 91.9 Å². The molecule has 15 heavy (non-hydrogen) atoms. The largest absolute Gasteiger partial charge is 0.385 e. The molecule has 0 amide bonds. The van der Waals surface area contributed by atoms with Crippen molar-refractivity contribution in [2.75, 3.05) is 11.9 Å². The van der Waals surface area contributed by atoms with Crippen LogP contribution in [0.1, 0.15) is 25.8 Å². The van der Waals surface area contributed by atoms with Gasteiger partial charge in [0.15, 0.2) is 0 Å². The molecule has 1 aromatic rings. The summed E-state index contributed by atoms with van der Waals surface area (Å²) in [7, 11) is 0. The Morgan fingerprint density at radius 1 is 1.27 bits per heavy atom. The maximum atomic E-state index is 8.53. The van der Waals surface area contributed by atoms with Gasteiger partial charge in [0.2, 0.25) is 0 Å². The van der Waals surface area contributed by atoms with Gasteiger partial charge in [-0.2, -0.15) is 5.26 Å². The molecule has 1 N–H and O–H groups in total. The highest BCUT2D eigenvalue weighted by molar-refractivity contribution is 5.44. The summed E-state index contributed by atoms with van der Waals surface area (Å²) in [6.07, 6.45) is 1.67. The van der Waals surface area contributed by atoms with E-state index in [1.54, 1.807) is 0 Å². The van der Waals surface area contributed by atoms with Gasteiger partial charge in [0.05, 0.1) is 12.5 Å². The maximum absolute atomic E-state index is 8.53. The van der Waals surface area contributed by atoms with E-state index in [9.17, 15) is 0 Å². The van der Waals surface area contributed by atoms with Crippen LogP contribution in [0, 0.1) is 17.2 Å². The van der Waals surface area contributed by atoms with Crippen molar-refractivity contribution < 1.29 is 0 Å². The Hall–Kier alpha value is -1.49. The van der Waals surface area contributed by atoms with Crippen molar-refractivity contribution >= 4 is 5.69 Å². The van der Waals surface area contributed by atoms with E-state index in [1.165, 1.54) is 6.42 Å². The molecule has 80 valence electrons. The first kappa shape index (κ1) is 11.6. The summed E-state index contributed by atoms with van der Waals surface area (Å²) in [5, 5.41) is 11.9. The molecule has 0 atom stereocenters. The Morgan fingerprint density at radius 2 is 1.93 bits per heavy atom. The predicted molar refractivity (Wildman–Crippen MR) is 63.7 cm³/mol. The molecule has 0 aliphatic carbocycles. The lowest BCUT2D eigenvalue weighted by Crippen LogP contribution is -2.04. The smallest absolute Gasteiger partial charge is 0.0669 e. The average Bonchev–Trinajstić information content (AvgIpc) is 2.20. The number of rotatable bonds is 5. The van der Waals surface area contributed by atoms with Gasteiger partial charge in [0.25, 0.3) is 0 Å². The lowest BCUT2D eigenvalue weighted by molar-refractivity contribution is 0.607. The highest BCUT2D eigenvalue weighted by atomic mass is 14.9. The van der Waals surface area contributed by atoms with Crippen LogP contribution in [0.25, 0.3) is 0 Å². The molecule has 0 heterocycles. The Morgan fingerprint density at radius 3 is 2.47 bits per heavy atom. The van der Waals surface area contributed by atoms with E-state index in [0.29, 0.717) is 6.42 Å². The minimum Gasteiger partial charge on any atom is -0.385 e. The van der Waals surface area contributed by atoms with Crippen molar-refractivity contribution in [3.8, 4) is 6.07 Å². The molecule has 0 spiro atoms. The molecule has 2 nitrogen and oxygen atoms in total. The van der Waals surface area contributed by atoms with Crippen LogP contribution < -0.4 is 5.32 Å². The molecule has 0 saturated heterocycles. The number of hydrogen-bond donors (Lipinski definition) is 1. The molecular formula is C13H18N2. The van der Waals surface area contributed by atoms with Crippen LogP contribution in [0.2, 0.25) is 0 Å².